The largest absolute Gasteiger partial charge is 0.507 e. The first-order valence-corrected chi connectivity index (χ1v) is 8.44. The Labute approximate surface area is 141 Å². The van der Waals surface area contributed by atoms with Gasteiger partial charge >= 0.3 is 0 Å². The summed E-state index contributed by atoms with van der Waals surface area (Å²) in [7, 11) is 2.10. The van der Waals surface area contributed by atoms with E-state index in [2.05, 4.69) is 83.9 Å². The van der Waals surface area contributed by atoms with E-state index in [9.17, 15) is 5.11 Å². The van der Waals surface area contributed by atoms with Crippen LogP contribution in [0.5, 0.6) is 5.75 Å². The number of hydrogen-bond donors (Lipinski definition) is 1. The van der Waals surface area contributed by atoms with Crippen molar-refractivity contribution in [1.29, 1.82) is 0 Å². The summed E-state index contributed by atoms with van der Waals surface area (Å²) in [5.74, 6) is 0.448. The van der Waals surface area contributed by atoms with Gasteiger partial charge in [0.25, 0.3) is 0 Å². The minimum absolute atomic E-state index is 0.0647. The maximum Gasteiger partial charge on any atom is 0.124 e. The van der Waals surface area contributed by atoms with Crippen molar-refractivity contribution in [3.8, 4) is 5.75 Å². The molecule has 1 aliphatic rings. The molecule has 0 radical (unpaired) electrons. The van der Waals surface area contributed by atoms with Crippen molar-refractivity contribution < 1.29 is 5.11 Å². The van der Waals surface area contributed by atoms with E-state index in [-0.39, 0.29) is 10.8 Å². The van der Waals surface area contributed by atoms with Crippen LogP contribution >= 0.6 is 0 Å². The molecule has 0 saturated heterocycles. The molecule has 2 nitrogen and oxygen atoms in total. The molecule has 2 rings (SSSR count). The molecule has 1 aromatic rings. The fourth-order valence-corrected chi connectivity index (χ4v) is 2.90. The zero-order valence-electron chi connectivity index (χ0n) is 15.7. The normalized spacial score (nSPS) is 15.0. The molecule has 0 amide bonds. The SMILES string of the molecule is CN(Cc1cc(C(C)(C)C)cc(C(C)(C)C)c1O)C1=CC=CC1. The zero-order valence-corrected chi connectivity index (χ0v) is 15.7. The van der Waals surface area contributed by atoms with Gasteiger partial charge in [-0.25, -0.2) is 0 Å². The van der Waals surface area contributed by atoms with Crippen molar-refractivity contribution in [2.75, 3.05) is 7.05 Å². The second kappa shape index (κ2) is 6.07. The molecule has 0 unspecified atom stereocenters. The molecular formula is C21H31NO. The summed E-state index contributed by atoms with van der Waals surface area (Å²) < 4.78 is 0. The van der Waals surface area contributed by atoms with Gasteiger partial charge in [0.05, 0.1) is 0 Å². The number of nitrogens with zero attached hydrogens (tertiary/aromatic N) is 1. The van der Waals surface area contributed by atoms with Crippen LogP contribution in [-0.4, -0.2) is 17.1 Å². The van der Waals surface area contributed by atoms with E-state index in [1.165, 1.54) is 11.3 Å². The Morgan fingerprint density at radius 2 is 1.70 bits per heavy atom. The van der Waals surface area contributed by atoms with Crippen molar-refractivity contribution >= 4 is 0 Å². The van der Waals surface area contributed by atoms with Crippen LogP contribution < -0.4 is 0 Å². The van der Waals surface area contributed by atoms with Gasteiger partial charge in [-0.2, -0.15) is 0 Å². The van der Waals surface area contributed by atoms with Crippen LogP contribution in [-0.2, 0) is 17.4 Å². The number of phenols is 1. The first kappa shape index (κ1) is 17.7. The Hall–Kier alpha value is -1.70. The molecule has 23 heavy (non-hydrogen) atoms. The van der Waals surface area contributed by atoms with Gasteiger partial charge in [0.15, 0.2) is 0 Å². The Kier molecular flexibility index (Phi) is 4.66. The molecule has 0 bridgehead atoms. The quantitative estimate of drug-likeness (QED) is 0.822. The maximum absolute atomic E-state index is 10.8. The molecule has 2 heteroatoms. The third kappa shape index (κ3) is 3.99. The van der Waals surface area contributed by atoms with E-state index in [0.29, 0.717) is 5.75 Å². The average Bonchev–Trinajstić information content (AvgIpc) is 2.92. The number of rotatable bonds is 3. The molecule has 0 spiro atoms. The zero-order chi connectivity index (χ0) is 17.4. The molecule has 1 N–H and O–H groups in total. The molecular weight excluding hydrogens is 282 g/mol. The molecule has 0 saturated carbocycles. The summed E-state index contributed by atoms with van der Waals surface area (Å²) in [5, 5.41) is 10.8. The predicted molar refractivity (Wildman–Crippen MR) is 98.8 cm³/mol. The lowest BCUT2D eigenvalue weighted by atomic mass is 9.79. The lowest BCUT2D eigenvalue weighted by molar-refractivity contribution is 0.381. The second-order valence-electron chi connectivity index (χ2n) is 8.68. The van der Waals surface area contributed by atoms with E-state index in [4.69, 9.17) is 0 Å². The molecule has 0 aromatic heterocycles. The van der Waals surface area contributed by atoms with Gasteiger partial charge in [0.2, 0.25) is 0 Å². The minimum atomic E-state index is -0.0765. The maximum atomic E-state index is 10.8. The third-order valence-corrected chi connectivity index (χ3v) is 4.51. The molecule has 1 aromatic carbocycles. The first-order chi connectivity index (χ1) is 10.5. The number of phenolic OH excluding ortho intramolecular Hbond substituents is 1. The highest BCUT2D eigenvalue weighted by Gasteiger charge is 2.25. The lowest BCUT2D eigenvalue weighted by Crippen LogP contribution is -2.20. The topological polar surface area (TPSA) is 23.5 Å². The molecule has 126 valence electrons. The summed E-state index contributed by atoms with van der Waals surface area (Å²) in [4.78, 5) is 2.23. The Balaban J connectivity index is 2.45. The van der Waals surface area contributed by atoms with E-state index < -0.39 is 0 Å². The first-order valence-electron chi connectivity index (χ1n) is 8.44. The van der Waals surface area contributed by atoms with Gasteiger partial charge in [-0.3, -0.25) is 0 Å². The highest BCUT2D eigenvalue weighted by molar-refractivity contribution is 5.49. The summed E-state index contributed by atoms with van der Waals surface area (Å²) in [6, 6.07) is 4.35. The van der Waals surface area contributed by atoms with Crippen molar-refractivity contribution in [2.45, 2.75) is 65.3 Å². The fourth-order valence-electron chi connectivity index (χ4n) is 2.90. The van der Waals surface area contributed by atoms with Gasteiger partial charge in [-0.05, 0) is 34.1 Å². The molecule has 0 fully saturated rings. The monoisotopic (exact) mass is 313 g/mol. The second-order valence-corrected chi connectivity index (χ2v) is 8.68. The van der Waals surface area contributed by atoms with Gasteiger partial charge < -0.3 is 10.0 Å². The van der Waals surface area contributed by atoms with Gasteiger partial charge in [0.1, 0.15) is 5.75 Å². The van der Waals surface area contributed by atoms with Gasteiger partial charge in [0, 0.05) is 31.3 Å². The minimum Gasteiger partial charge on any atom is -0.507 e. The third-order valence-electron chi connectivity index (χ3n) is 4.51. The summed E-state index contributed by atoms with van der Waals surface area (Å²) in [6.45, 7) is 13.9. The number of hydrogen-bond acceptors (Lipinski definition) is 2. The van der Waals surface area contributed by atoms with Crippen LogP contribution in [0.2, 0.25) is 0 Å². The number of benzene rings is 1. The lowest BCUT2D eigenvalue weighted by Gasteiger charge is -2.29. The van der Waals surface area contributed by atoms with Crippen LogP contribution in [0, 0.1) is 0 Å². The highest BCUT2D eigenvalue weighted by Crippen LogP contribution is 2.38. The van der Waals surface area contributed by atoms with Crippen molar-refractivity contribution in [2.24, 2.45) is 0 Å². The Bertz CT molecular complexity index is 639. The Morgan fingerprint density at radius 3 is 2.17 bits per heavy atom. The predicted octanol–water partition coefficient (Wildman–Crippen LogP) is 5.26. The standard InChI is InChI=1S/C21H31NO/c1-20(2,3)16-12-15(14-22(7)17-10-8-9-11-17)19(23)18(13-16)21(4,5)6/h8-10,12-13,23H,11,14H2,1-7H3. The highest BCUT2D eigenvalue weighted by atomic mass is 16.3. The van der Waals surface area contributed by atoms with Crippen molar-refractivity contribution in [1.82, 2.24) is 4.90 Å². The smallest absolute Gasteiger partial charge is 0.124 e. The van der Waals surface area contributed by atoms with Crippen LogP contribution in [0.4, 0.5) is 0 Å². The van der Waals surface area contributed by atoms with Gasteiger partial charge in [-0.1, -0.05) is 59.8 Å². The fraction of sp³-hybridized carbons (Fsp3) is 0.524. The summed E-state index contributed by atoms with van der Waals surface area (Å²) >= 11 is 0. The van der Waals surface area contributed by atoms with E-state index in [0.717, 1.165) is 24.1 Å². The van der Waals surface area contributed by atoms with E-state index >= 15 is 0 Å². The van der Waals surface area contributed by atoms with E-state index in [1.807, 2.05) is 0 Å². The van der Waals surface area contributed by atoms with Crippen LogP contribution in [0.15, 0.2) is 36.1 Å². The molecule has 1 aliphatic carbocycles. The Morgan fingerprint density at radius 1 is 1.04 bits per heavy atom. The summed E-state index contributed by atoms with van der Waals surface area (Å²) in [5.41, 5.74) is 4.61. The average molecular weight is 313 g/mol. The van der Waals surface area contributed by atoms with Crippen molar-refractivity contribution in [3.63, 3.8) is 0 Å². The number of allylic oxidation sites excluding steroid dienone is 3. The molecule has 0 atom stereocenters. The van der Waals surface area contributed by atoms with Crippen LogP contribution in [0.1, 0.15) is 64.7 Å². The molecule has 0 aliphatic heterocycles. The van der Waals surface area contributed by atoms with Gasteiger partial charge in [-0.15, -0.1) is 0 Å². The van der Waals surface area contributed by atoms with Crippen LogP contribution in [0.25, 0.3) is 0 Å². The van der Waals surface area contributed by atoms with E-state index in [1.54, 1.807) is 0 Å². The van der Waals surface area contributed by atoms with Crippen molar-refractivity contribution in [3.05, 3.63) is 52.7 Å². The summed E-state index contributed by atoms with van der Waals surface area (Å²) in [6.07, 6.45) is 7.38. The van der Waals surface area contributed by atoms with Crippen LogP contribution in [0.3, 0.4) is 0 Å². The number of aromatic hydroxyl groups is 1. The molecule has 0 heterocycles.